The summed E-state index contributed by atoms with van der Waals surface area (Å²) in [7, 11) is 0. The Morgan fingerprint density at radius 2 is 2.03 bits per heavy atom. The van der Waals surface area contributed by atoms with Gasteiger partial charge in [0.25, 0.3) is 5.91 Å². The van der Waals surface area contributed by atoms with Gasteiger partial charge in [0, 0.05) is 37.2 Å². The summed E-state index contributed by atoms with van der Waals surface area (Å²) in [6, 6.07) is 5.90. The molecule has 4 aromatic heterocycles. The van der Waals surface area contributed by atoms with E-state index in [2.05, 4.69) is 30.6 Å². The number of nitrogens with one attached hydrogen (secondary N) is 2. The molecule has 5 rings (SSSR count). The number of rotatable bonds is 8. The minimum atomic E-state index is -0.860. The summed E-state index contributed by atoms with van der Waals surface area (Å²) in [4.78, 5) is 21.5. The summed E-state index contributed by atoms with van der Waals surface area (Å²) in [6.07, 6.45) is 9.62. The van der Waals surface area contributed by atoms with E-state index in [4.69, 9.17) is 4.74 Å². The van der Waals surface area contributed by atoms with E-state index in [1.165, 1.54) is 0 Å². The molecule has 0 atom stereocenters. The SMILES string of the molecule is CCOC[C@H]1CC[C@H](n2cc(NC(=O)c3cccc(-c4cn[nH]c4)n3)c(-c3ncc(F)cc3F)n2)CC1. The van der Waals surface area contributed by atoms with Gasteiger partial charge in [0.05, 0.1) is 29.8 Å². The molecule has 1 fully saturated rings. The average Bonchev–Trinajstić information content (AvgIpc) is 3.59. The molecule has 0 aromatic carbocycles. The van der Waals surface area contributed by atoms with Crippen LogP contribution in [0.4, 0.5) is 14.5 Å². The predicted octanol–water partition coefficient (Wildman–Crippen LogP) is 5.03. The molecule has 0 saturated heterocycles. The first-order valence-corrected chi connectivity index (χ1v) is 12.3. The Morgan fingerprint density at radius 3 is 2.76 bits per heavy atom. The second-order valence-corrected chi connectivity index (χ2v) is 9.04. The molecule has 1 aliphatic rings. The minimum absolute atomic E-state index is 0.0772. The van der Waals surface area contributed by atoms with Crippen molar-refractivity contribution in [3.63, 3.8) is 0 Å². The average molecular weight is 508 g/mol. The van der Waals surface area contributed by atoms with E-state index in [-0.39, 0.29) is 28.8 Å². The molecule has 11 heteroatoms. The lowest BCUT2D eigenvalue weighted by molar-refractivity contribution is 0.0862. The predicted molar refractivity (Wildman–Crippen MR) is 133 cm³/mol. The van der Waals surface area contributed by atoms with Crippen LogP contribution < -0.4 is 5.32 Å². The molecule has 1 saturated carbocycles. The normalized spacial score (nSPS) is 17.6. The van der Waals surface area contributed by atoms with Gasteiger partial charge in [-0.25, -0.2) is 18.7 Å². The number of carbonyl (C=O) groups is 1. The quantitative estimate of drug-likeness (QED) is 0.346. The first kappa shape index (κ1) is 24.7. The fourth-order valence-corrected chi connectivity index (χ4v) is 4.59. The van der Waals surface area contributed by atoms with Crippen molar-refractivity contribution in [3.05, 3.63) is 66.4 Å². The van der Waals surface area contributed by atoms with Crippen molar-refractivity contribution in [2.75, 3.05) is 18.5 Å². The van der Waals surface area contributed by atoms with Gasteiger partial charge in [0.2, 0.25) is 0 Å². The van der Waals surface area contributed by atoms with E-state index < -0.39 is 17.5 Å². The van der Waals surface area contributed by atoms with Crippen molar-refractivity contribution in [1.82, 2.24) is 29.9 Å². The molecule has 4 heterocycles. The van der Waals surface area contributed by atoms with Crippen molar-refractivity contribution in [2.45, 2.75) is 38.6 Å². The van der Waals surface area contributed by atoms with Gasteiger partial charge < -0.3 is 10.1 Å². The molecule has 1 aliphatic carbocycles. The maximum absolute atomic E-state index is 14.7. The third kappa shape index (κ3) is 5.56. The summed E-state index contributed by atoms with van der Waals surface area (Å²) >= 11 is 0. The summed E-state index contributed by atoms with van der Waals surface area (Å²) in [6.45, 7) is 3.42. The number of carbonyl (C=O) groups excluding carboxylic acids is 1. The maximum Gasteiger partial charge on any atom is 0.274 e. The van der Waals surface area contributed by atoms with Gasteiger partial charge >= 0.3 is 0 Å². The highest BCUT2D eigenvalue weighted by Crippen LogP contribution is 2.35. The Morgan fingerprint density at radius 1 is 1.19 bits per heavy atom. The number of nitrogens with zero attached hydrogens (tertiary/aromatic N) is 5. The molecule has 4 aromatic rings. The molecule has 1 amide bonds. The Balaban J connectivity index is 1.42. The number of aromatic amines is 1. The van der Waals surface area contributed by atoms with Crippen LogP contribution in [0.2, 0.25) is 0 Å². The van der Waals surface area contributed by atoms with Gasteiger partial charge in [0.15, 0.2) is 5.82 Å². The summed E-state index contributed by atoms with van der Waals surface area (Å²) in [5.74, 6) is -1.65. The molecule has 0 spiro atoms. The van der Waals surface area contributed by atoms with Crippen LogP contribution in [-0.2, 0) is 4.74 Å². The first-order valence-electron chi connectivity index (χ1n) is 12.3. The summed E-state index contributed by atoms with van der Waals surface area (Å²) in [5.41, 5.74) is 1.75. The topological polar surface area (TPSA) is 111 Å². The standard InChI is InChI=1S/C26H27F2N7O2/c1-2-37-15-16-6-8-19(9-7-16)35-14-23(25(34-35)24-20(28)10-18(27)13-29-24)33-26(36)22-5-3-4-21(32-22)17-11-30-31-12-17/h3-5,10-14,16,19H,2,6-9,15H2,1H3,(H,30,31)(H,33,36)/t16-,19-. The summed E-state index contributed by atoms with van der Waals surface area (Å²) in [5, 5.41) is 14.0. The third-order valence-corrected chi connectivity index (χ3v) is 6.54. The molecule has 9 nitrogen and oxygen atoms in total. The van der Waals surface area contributed by atoms with Crippen LogP contribution in [-0.4, -0.2) is 49.1 Å². The number of pyridine rings is 2. The number of amides is 1. The number of aromatic nitrogens is 6. The highest BCUT2D eigenvalue weighted by atomic mass is 19.1. The van der Waals surface area contributed by atoms with Crippen LogP contribution in [0, 0.1) is 17.6 Å². The Bertz CT molecular complexity index is 1370. The van der Waals surface area contributed by atoms with E-state index in [1.54, 1.807) is 41.5 Å². The highest BCUT2D eigenvalue weighted by Gasteiger charge is 2.26. The van der Waals surface area contributed by atoms with Crippen LogP contribution in [0.5, 0.6) is 0 Å². The van der Waals surface area contributed by atoms with Crippen molar-refractivity contribution < 1.29 is 18.3 Å². The monoisotopic (exact) mass is 507 g/mol. The van der Waals surface area contributed by atoms with Crippen molar-refractivity contribution in [2.24, 2.45) is 5.92 Å². The molecule has 0 bridgehead atoms. The lowest BCUT2D eigenvalue weighted by Crippen LogP contribution is -2.21. The van der Waals surface area contributed by atoms with E-state index in [9.17, 15) is 13.6 Å². The minimum Gasteiger partial charge on any atom is -0.381 e. The van der Waals surface area contributed by atoms with Gasteiger partial charge in [-0.05, 0) is 50.7 Å². The number of anilines is 1. The van der Waals surface area contributed by atoms with Crippen LogP contribution in [0.1, 0.15) is 49.1 Å². The van der Waals surface area contributed by atoms with Crippen molar-refractivity contribution >= 4 is 11.6 Å². The van der Waals surface area contributed by atoms with Gasteiger partial charge in [-0.15, -0.1) is 0 Å². The second-order valence-electron chi connectivity index (χ2n) is 9.04. The fraction of sp³-hybridized carbons (Fsp3) is 0.346. The summed E-state index contributed by atoms with van der Waals surface area (Å²) < 4.78 is 35.6. The second kappa shape index (κ2) is 11.0. The fourth-order valence-electron chi connectivity index (χ4n) is 4.59. The van der Waals surface area contributed by atoms with E-state index >= 15 is 0 Å². The molecule has 37 heavy (non-hydrogen) atoms. The lowest BCUT2D eigenvalue weighted by Gasteiger charge is -2.28. The Hall–Kier alpha value is -3.99. The molecule has 0 aliphatic heterocycles. The number of hydrogen-bond donors (Lipinski definition) is 2. The van der Waals surface area contributed by atoms with Crippen LogP contribution >= 0.6 is 0 Å². The molecular weight excluding hydrogens is 480 g/mol. The zero-order chi connectivity index (χ0) is 25.8. The largest absolute Gasteiger partial charge is 0.381 e. The number of H-pyrrole nitrogens is 1. The zero-order valence-electron chi connectivity index (χ0n) is 20.3. The van der Waals surface area contributed by atoms with Gasteiger partial charge in [0.1, 0.15) is 22.9 Å². The van der Waals surface area contributed by atoms with Crippen molar-refractivity contribution in [1.29, 1.82) is 0 Å². The molecule has 2 N–H and O–H groups in total. The van der Waals surface area contributed by atoms with E-state index in [0.717, 1.165) is 50.1 Å². The number of ether oxygens (including phenoxy) is 1. The maximum atomic E-state index is 14.7. The third-order valence-electron chi connectivity index (χ3n) is 6.54. The molecule has 192 valence electrons. The van der Waals surface area contributed by atoms with Crippen LogP contribution in [0.3, 0.4) is 0 Å². The molecule has 0 radical (unpaired) electrons. The van der Waals surface area contributed by atoms with E-state index in [0.29, 0.717) is 18.2 Å². The van der Waals surface area contributed by atoms with Crippen LogP contribution in [0.15, 0.2) is 49.1 Å². The number of hydrogen-bond acceptors (Lipinski definition) is 6. The van der Waals surface area contributed by atoms with Gasteiger partial charge in [-0.2, -0.15) is 10.2 Å². The highest BCUT2D eigenvalue weighted by molar-refractivity contribution is 6.04. The van der Waals surface area contributed by atoms with E-state index in [1.807, 2.05) is 6.92 Å². The van der Waals surface area contributed by atoms with Gasteiger partial charge in [-0.1, -0.05) is 6.07 Å². The number of halogens is 2. The van der Waals surface area contributed by atoms with Crippen molar-refractivity contribution in [3.8, 4) is 22.6 Å². The molecular formula is C26H27F2N7O2. The zero-order valence-corrected chi connectivity index (χ0v) is 20.3. The van der Waals surface area contributed by atoms with Gasteiger partial charge in [-0.3, -0.25) is 14.6 Å². The Labute approximate surface area is 212 Å². The lowest BCUT2D eigenvalue weighted by atomic mass is 9.86. The first-order chi connectivity index (χ1) is 18.0. The van der Waals surface area contributed by atoms with Crippen LogP contribution in [0.25, 0.3) is 22.6 Å². The smallest absolute Gasteiger partial charge is 0.274 e. The Kier molecular flexibility index (Phi) is 7.31. The molecule has 0 unspecified atom stereocenters.